The van der Waals surface area contributed by atoms with Crippen molar-refractivity contribution in [2.75, 3.05) is 19.6 Å². The van der Waals surface area contributed by atoms with Gasteiger partial charge in [0.1, 0.15) is 0 Å². The second-order valence-electron chi connectivity index (χ2n) is 4.36. The van der Waals surface area contributed by atoms with Gasteiger partial charge in [0.25, 0.3) is 0 Å². The lowest BCUT2D eigenvalue weighted by atomic mass is 9.92. The number of aliphatic hydroxyl groups excluding tert-OH is 1. The minimum Gasteiger partial charge on any atom is -0.392 e. The number of aliphatic hydroxyl groups is 1. The predicted octanol–water partition coefficient (Wildman–Crippen LogP) is 0.426. The second-order valence-corrected chi connectivity index (χ2v) is 4.36. The maximum Gasteiger partial charge on any atom is 0.0639 e. The molecule has 1 saturated heterocycles. The van der Waals surface area contributed by atoms with E-state index in [9.17, 15) is 5.11 Å². The number of piperidine rings is 1. The zero-order valence-electron chi connectivity index (χ0n) is 8.74. The first kappa shape index (κ1) is 11.0. The molecule has 1 aliphatic rings. The molecule has 0 saturated carbocycles. The van der Waals surface area contributed by atoms with Crippen LogP contribution in [0, 0.1) is 5.92 Å². The van der Waals surface area contributed by atoms with E-state index in [1.54, 1.807) is 0 Å². The predicted molar refractivity (Wildman–Crippen MR) is 54.5 cm³/mol. The van der Waals surface area contributed by atoms with Gasteiger partial charge < -0.3 is 10.8 Å². The Labute approximate surface area is 80.9 Å². The Balaban J connectivity index is 2.42. The Morgan fingerprint density at radius 3 is 2.85 bits per heavy atom. The lowest BCUT2D eigenvalue weighted by Gasteiger charge is -2.38. The van der Waals surface area contributed by atoms with Gasteiger partial charge in [-0.25, -0.2) is 0 Å². The van der Waals surface area contributed by atoms with E-state index in [0.717, 1.165) is 25.6 Å². The van der Waals surface area contributed by atoms with Crippen molar-refractivity contribution in [3.05, 3.63) is 0 Å². The molecule has 0 aliphatic carbocycles. The summed E-state index contributed by atoms with van der Waals surface area (Å²) in [5.74, 6) is 0.791. The highest BCUT2D eigenvalue weighted by atomic mass is 16.3. The molecule has 3 unspecified atom stereocenters. The Morgan fingerprint density at radius 1 is 1.62 bits per heavy atom. The van der Waals surface area contributed by atoms with Gasteiger partial charge in [0.2, 0.25) is 0 Å². The minimum atomic E-state index is -0.234. The first-order valence-corrected chi connectivity index (χ1v) is 5.25. The van der Waals surface area contributed by atoms with E-state index in [1.165, 1.54) is 12.8 Å². The zero-order chi connectivity index (χ0) is 9.84. The average molecular weight is 186 g/mol. The van der Waals surface area contributed by atoms with E-state index in [-0.39, 0.29) is 6.10 Å². The fraction of sp³-hybridized carbons (Fsp3) is 1.00. The van der Waals surface area contributed by atoms with Gasteiger partial charge in [0, 0.05) is 19.1 Å². The molecule has 0 aromatic heterocycles. The monoisotopic (exact) mass is 186 g/mol. The molecule has 3 nitrogen and oxygen atoms in total. The lowest BCUT2D eigenvalue weighted by Crippen LogP contribution is -2.48. The van der Waals surface area contributed by atoms with Crippen LogP contribution in [0.15, 0.2) is 0 Å². The first-order valence-electron chi connectivity index (χ1n) is 5.25. The van der Waals surface area contributed by atoms with Crippen molar-refractivity contribution in [2.24, 2.45) is 11.7 Å². The standard InChI is InChI=1S/C10H22N2O/c1-8-3-4-12(7-9(2)13)10(5-8)6-11/h8-10,13H,3-7,11H2,1-2H3. The third-order valence-electron chi connectivity index (χ3n) is 2.87. The molecule has 1 heterocycles. The molecule has 0 spiro atoms. The van der Waals surface area contributed by atoms with Crippen LogP contribution in [0.3, 0.4) is 0 Å². The van der Waals surface area contributed by atoms with E-state index in [0.29, 0.717) is 6.04 Å². The van der Waals surface area contributed by atoms with Crippen LogP contribution in [0.1, 0.15) is 26.7 Å². The summed E-state index contributed by atoms with van der Waals surface area (Å²) >= 11 is 0. The first-order chi connectivity index (χ1) is 6.13. The normalized spacial score (nSPS) is 33.2. The molecule has 0 radical (unpaired) electrons. The molecular formula is C10H22N2O. The van der Waals surface area contributed by atoms with Crippen molar-refractivity contribution in [3.8, 4) is 0 Å². The molecule has 1 aliphatic heterocycles. The molecule has 3 N–H and O–H groups in total. The van der Waals surface area contributed by atoms with Crippen molar-refractivity contribution in [1.82, 2.24) is 4.90 Å². The van der Waals surface area contributed by atoms with E-state index >= 15 is 0 Å². The largest absolute Gasteiger partial charge is 0.392 e. The molecule has 1 fully saturated rings. The summed E-state index contributed by atoms with van der Waals surface area (Å²) in [7, 11) is 0. The molecule has 3 atom stereocenters. The van der Waals surface area contributed by atoms with Crippen molar-refractivity contribution in [1.29, 1.82) is 0 Å². The van der Waals surface area contributed by atoms with Crippen molar-refractivity contribution in [2.45, 2.75) is 38.8 Å². The third-order valence-corrected chi connectivity index (χ3v) is 2.87. The fourth-order valence-corrected chi connectivity index (χ4v) is 2.13. The number of nitrogens with two attached hydrogens (primary N) is 1. The molecule has 0 aromatic rings. The van der Waals surface area contributed by atoms with E-state index in [1.807, 2.05) is 6.92 Å². The highest BCUT2D eigenvalue weighted by Crippen LogP contribution is 2.21. The topological polar surface area (TPSA) is 49.5 Å². The summed E-state index contributed by atoms with van der Waals surface area (Å²) in [5.41, 5.74) is 5.71. The van der Waals surface area contributed by atoms with Crippen LogP contribution in [0.2, 0.25) is 0 Å². The number of hydrogen-bond donors (Lipinski definition) is 2. The van der Waals surface area contributed by atoms with Crippen LogP contribution in [-0.4, -0.2) is 41.8 Å². The summed E-state index contributed by atoms with van der Waals surface area (Å²) in [6, 6.07) is 0.485. The van der Waals surface area contributed by atoms with Gasteiger partial charge in [-0.1, -0.05) is 6.92 Å². The van der Waals surface area contributed by atoms with Gasteiger partial charge in [-0.15, -0.1) is 0 Å². The molecule has 3 heteroatoms. The average Bonchev–Trinajstić information content (AvgIpc) is 2.07. The van der Waals surface area contributed by atoms with Crippen molar-refractivity contribution < 1.29 is 5.11 Å². The molecule has 13 heavy (non-hydrogen) atoms. The minimum absolute atomic E-state index is 0.234. The van der Waals surface area contributed by atoms with Gasteiger partial charge in [-0.2, -0.15) is 0 Å². The highest BCUT2D eigenvalue weighted by Gasteiger charge is 2.25. The van der Waals surface area contributed by atoms with Crippen LogP contribution in [0.25, 0.3) is 0 Å². The summed E-state index contributed by atoms with van der Waals surface area (Å²) in [6.07, 6.45) is 2.19. The quantitative estimate of drug-likeness (QED) is 0.672. The smallest absolute Gasteiger partial charge is 0.0639 e. The lowest BCUT2D eigenvalue weighted by molar-refractivity contribution is 0.0648. The summed E-state index contributed by atoms with van der Waals surface area (Å²) in [6.45, 7) is 6.70. The van der Waals surface area contributed by atoms with Gasteiger partial charge in [-0.05, 0) is 32.2 Å². The third kappa shape index (κ3) is 3.25. The van der Waals surface area contributed by atoms with E-state index in [2.05, 4.69) is 11.8 Å². The molecule has 1 rings (SSSR count). The number of nitrogens with zero attached hydrogens (tertiary/aromatic N) is 1. The van der Waals surface area contributed by atoms with Gasteiger partial charge >= 0.3 is 0 Å². The second kappa shape index (κ2) is 4.94. The summed E-state index contributed by atoms with van der Waals surface area (Å²) in [5, 5.41) is 9.30. The number of β-amino-alcohol motifs (C(OH)–C–C–N with tert-alkyl or cyclic N) is 1. The number of rotatable bonds is 3. The molecule has 0 aromatic carbocycles. The van der Waals surface area contributed by atoms with E-state index in [4.69, 9.17) is 5.73 Å². The van der Waals surface area contributed by atoms with Gasteiger partial charge in [0.15, 0.2) is 0 Å². The van der Waals surface area contributed by atoms with Gasteiger partial charge in [0.05, 0.1) is 6.10 Å². The van der Waals surface area contributed by atoms with Crippen LogP contribution in [-0.2, 0) is 0 Å². The van der Waals surface area contributed by atoms with Crippen LogP contribution in [0.4, 0.5) is 0 Å². The molecule has 78 valence electrons. The summed E-state index contributed by atoms with van der Waals surface area (Å²) < 4.78 is 0. The Kier molecular flexibility index (Phi) is 4.16. The SMILES string of the molecule is CC(O)CN1CCC(C)CC1CN. The Bertz CT molecular complexity index is 150. The molecule has 0 amide bonds. The van der Waals surface area contributed by atoms with Crippen LogP contribution >= 0.6 is 0 Å². The Morgan fingerprint density at radius 2 is 2.31 bits per heavy atom. The Hall–Kier alpha value is -0.120. The number of hydrogen-bond acceptors (Lipinski definition) is 3. The summed E-state index contributed by atoms with van der Waals surface area (Å²) in [4.78, 5) is 2.32. The maximum atomic E-state index is 9.30. The molecular weight excluding hydrogens is 164 g/mol. The van der Waals surface area contributed by atoms with Crippen molar-refractivity contribution in [3.63, 3.8) is 0 Å². The van der Waals surface area contributed by atoms with E-state index < -0.39 is 0 Å². The molecule has 0 bridgehead atoms. The van der Waals surface area contributed by atoms with Crippen LogP contribution in [0.5, 0.6) is 0 Å². The fourth-order valence-electron chi connectivity index (χ4n) is 2.13. The number of likely N-dealkylation sites (tertiary alicyclic amines) is 1. The maximum absolute atomic E-state index is 9.30. The van der Waals surface area contributed by atoms with Crippen molar-refractivity contribution >= 4 is 0 Å². The zero-order valence-corrected chi connectivity index (χ0v) is 8.74. The van der Waals surface area contributed by atoms with Crippen LogP contribution < -0.4 is 5.73 Å². The van der Waals surface area contributed by atoms with Gasteiger partial charge in [-0.3, -0.25) is 4.90 Å². The highest BCUT2D eigenvalue weighted by molar-refractivity contribution is 4.81.